The maximum Gasteiger partial charge on any atom is 0.284 e. The van der Waals surface area contributed by atoms with Crippen LogP contribution in [-0.4, -0.2) is 24.0 Å². The van der Waals surface area contributed by atoms with Crippen LogP contribution in [-0.2, 0) is 0 Å². The number of anilines is 1. The van der Waals surface area contributed by atoms with Gasteiger partial charge >= 0.3 is 0 Å². The number of piperidine rings is 1. The third-order valence-corrected chi connectivity index (χ3v) is 3.68. The standard InChI is InChI=1S/C10H16N4OS/c1-7-3-2-4-14(5-7)10-12-8(6-16-10)9(15)13-11/h6-7H,2-5,11H2,1H3,(H,13,15). The zero-order valence-corrected chi connectivity index (χ0v) is 10.1. The molecule has 88 valence electrons. The molecule has 1 aromatic heterocycles. The first-order valence-corrected chi connectivity index (χ1v) is 6.30. The molecule has 0 spiro atoms. The van der Waals surface area contributed by atoms with Crippen molar-refractivity contribution in [2.75, 3.05) is 18.0 Å². The summed E-state index contributed by atoms with van der Waals surface area (Å²) in [5.41, 5.74) is 2.50. The number of nitrogens with zero attached hydrogens (tertiary/aromatic N) is 2. The van der Waals surface area contributed by atoms with Gasteiger partial charge in [-0.05, 0) is 18.8 Å². The number of carbonyl (C=O) groups is 1. The highest BCUT2D eigenvalue weighted by Crippen LogP contribution is 2.25. The number of aromatic nitrogens is 1. The number of hydrogen-bond donors (Lipinski definition) is 2. The molecule has 0 saturated carbocycles. The van der Waals surface area contributed by atoms with Gasteiger partial charge in [0.05, 0.1) is 0 Å². The highest BCUT2D eigenvalue weighted by Gasteiger charge is 2.20. The smallest absolute Gasteiger partial charge is 0.284 e. The molecule has 1 aliphatic rings. The van der Waals surface area contributed by atoms with Crippen molar-refractivity contribution in [1.29, 1.82) is 0 Å². The van der Waals surface area contributed by atoms with Gasteiger partial charge < -0.3 is 4.90 Å². The largest absolute Gasteiger partial charge is 0.348 e. The van der Waals surface area contributed by atoms with Crippen LogP contribution in [0.3, 0.4) is 0 Å². The molecule has 1 amide bonds. The summed E-state index contributed by atoms with van der Waals surface area (Å²) in [6, 6.07) is 0. The number of thiazole rings is 1. The Bertz CT molecular complexity index is 379. The Morgan fingerprint density at radius 1 is 1.75 bits per heavy atom. The van der Waals surface area contributed by atoms with E-state index in [4.69, 9.17) is 5.84 Å². The van der Waals surface area contributed by atoms with Gasteiger partial charge in [-0.3, -0.25) is 10.2 Å². The van der Waals surface area contributed by atoms with Crippen LogP contribution in [0.25, 0.3) is 0 Å². The van der Waals surface area contributed by atoms with E-state index < -0.39 is 0 Å². The summed E-state index contributed by atoms with van der Waals surface area (Å²) < 4.78 is 0. The lowest BCUT2D eigenvalue weighted by atomic mass is 10.0. The molecule has 0 radical (unpaired) electrons. The van der Waals surface area contributed by atoms with Crippen LogP contribution in [0.15, 0.2) is 5.38 Å². The van der Waals surface area contributed by atoms with Gasteiger partial charge in [0.2, 0.25) is 0 Å². The molecular weight excluding hydrogens is 224 g/mol. The summed E-state index contributed by atoms with van der Waals surface area (Å²) in [4.78, 5) is 17.8. The second-order valence-electron chi connectivity index (χ2n) is 4.18. The summed E-state index contributed by atoms with van der Waals surface area (Å²) in [5, 5.41) is 2.67. The number of hydrogen-bond acceptors (Lipinski definition) is 5. The second-order valence-corrected chi connectivity index (χ2v) is 5.02. The van der Waals surface area contributed by atoms with Crippen LogP contribution < -0.4 is 16.2 Å². The summed E-state index contributed by atoms with van der Waals surface area (Å²) >= 11 is 1.50. The van der Waals surface area contributed by atoms with Crippen molar-refractivity contribution in [1.82, 2.24) is 10.4 Å². The van der Waals surface area contributed by atoms with E-state index in [1.807, 2.05) is 0 Å². The lowest BCUT2D eigenvalue weighted by Crippen LogP contribution is -2.34. The van der Waals surface area contributed by atoms with Gasteiger partial charge in [-0.2, -0.15) is 0 Å². The number of nitrogens with one attached hydrogen (secondary N) is 1. The molecule has 2 rings (SSSR count). The van der Waals surface area contributed by atoms with Crippen LogP contribution in [0.2, 0.25) is 0 Å². The quantitative estimate of drug-likeness (QED) is 0.459. The third-order valence-electron chi connectivity index (χ3n) is 2.78. The number of amides is 1. The van der Waals surface area contributed by atoms with E-state index in [0.29, 0.717) is 11.6 Å². The van der Waals surface area contributed by atoms with E-state index in [2.05, 4.69) is 22.2 Å². The first-order chi connectivity index (χ1) is 7.70. The van der Waals surface area contributed by atoms with E-state index in [-0.39, 0.29) is 5.91 Å². The Morgan fingerprint density at radius 2 is 2.56 bits per heavy atom. The summed E-state index contributed by atoms with van der Waals surface area (Å²) in [6.45, 7) is 4.30. The zero-order chi connectivity index (χ0) is 11.5. The fraction of sp³-hybridized carbons (Fsp3) is 0.600. The predicted octanol–water partition coefficient (Wildman–Crippen LogP) is 0.983. The molecule has 3 N–H and O–H groups in total. The van der Waals surface area contributed by atoms with Crippen LogP contribution in [0, 0.1) is 5.92 Å². The molecule has 16 heavy (non-hydrogen) atoms. The van der Waals surface area contributed by atoms with Crippen LogP contribution in [0.4, 0.5) is 5.13 Å². The first-order valence-electron chi connectivity index (χ1n) is 5.42. The average Bonchev–Trinajstić information content (AvgIpc) is 2.77. The summed E-state index contributed by atoms with van der Waals surface area (Å²) in [6.07, 6.45) is 2.47. The van der Waals surface area contributed by atoms with Crippen molar-refractivity contribution in [3.63, 3.8) is 0 Å². The minimum absolute atomic E-state index is 0.326. The number of carbonyl (C=O) groups excluding carboxylic acids is 1. The number of rotatable bonds is 2. The van der Waals surface area contributed by atoms with Crippen molar-refractivity contribution in [3.05, 3.63) is 11.1 Å². The fourth-order valence-electron chi connectivity index (χ4n) is 1.95. The van der Waals surface area contributed by atoms with E-state index in [9.17, 15) is 4.79 Å². The maximum absolute atomic E-state index is 11.3. The van der Waals surface area contributed by atoms with Gasteiger partial charge in [0.15, 0.2) is 5.13 Å². The number of nitrogen functional groups attached to an aromatic ring is 1. The number of hydrazine groups is 1. The molecule has 1 unspecified atom stereocenters. The molecule has 0 aromatic carbocycles. The molecule has 6 heteroatoms. The molecule has 0 bridgehead atoms. The normalized spacial score (nSPS) is 20.9. The molecule has 2 heterocycles. The number of nitrogens with two attached hydrogens (primary N) is 1. The van der Waals surface area contributed by atoms with E-state index in [0.717, 1.165) is 18.2 Å². The average molecular weight is 240 g/mol. The van der Waals surface area contributed by atoms with E-state index >= 15 is 0 Å². The first kappa shape index (κ1) is 11.3. The molecule has 1 atom stereocenters. The van der Waals surface area contributed by atoms with Gasteiger partial charge in [-0.25, -0.2) is 10.8 Å². The molecule has 1 aromatic rings. The van der Waals surface area contributed by atoms with Crippen molar-refractivity contribution < 1.29 is 4.79 Å². The van der Waals surface area contributed by atoms with Crippen molar-refractivity contribution in [2.24, 2.45) is 11.8 Å². The van der Waals surface area contributed by atoms with Gasteiger partial charge in [-0.1, -0.05) is 6.92 Å². The molecule has 0 aliphatic carbocycles. The molecule has 1 saturated heterocycles. The highest BCUT2D eigenvalue weighted by atomic mass is 32.1. The fourth-order valence-corrected chi connectivity index (χ4v) is 2.79. The topological polar surface area (TPSA) is 71.2 Å². The van der Waals surface area contributed by atoms with Gasteiger partial charge in [-0.15, -0.1) is 11.3 Å². The minimum atomic E-state index is -0.326. The van der Waals surface area contributed by atoms with Crippen molar-refractivity contribution in [3.8, 4) is 0 Å². The Hall–Kier alpha value is -1.14. The van der Waals surface area contributed by atoms with Gasteiger partial charge in [0.1, 0.15) is 5.69 Å². The molecule has 5 nitrogen and oxygen atoms in total. The van der Waals surface area contributed by atoms with Crippen molar-refractivity contribution in [2.45, 2.75) is 19.8 Å². The van der Waals surface area contributed by atoms with Crippen LogP contribution in [0.5, 0.6) is 0 Å². The highest BCUT2D eigenvalue weighted by molar-refractivity contribution is 7.13. The summed E-state index contributed by atoms with van der Waals surface area (Å²) in [7, 11) is 0. The SMILES string of the molecule is CC1CCCN(c2nc(C(=O)NN)cs2)C1. The Kier molecular flexibility index (Phi) is 3.40. The maximum atomic E-state index is 11.3. The molecule has 1 aliphatic heterocycles. The molecule has 1 fully saturated rings. The molecular formula is C10H16N4OS. The van der Waals surface area contributed by atoms with Crippen LogP contribution >= 0.6 is 11.3 Å². The lowest BCUT2D eigenvalue weighted by molar-refractivity contribution is 0.0949. The van der Waals surface area contributed by atoms with Gasteiger partial charge in [0.25, 0.3) is 5.91 Å². The van der Waals surface area contributed by atoms with E-state index in [1.54, 1.807) is 5.38 Å². The van der Waals surface area contributed by atoms with Crippen molar-refractivity contribution >= 4 is 22.4 Å². The summed E-state index contributed by atoms with van der Waals surface area (Å²) in [5.74, 6) is 5.44. The predicted molar refractivity (Wildman–Crippen MR) is 64.4 cm³/mol. The van der Waals surface area contributed by atoms with E-state index in [1.165, 1.54) is 24.2 Å². The van der Waals surface area contributed by atoms with Gasteiger partial charge in [0, 0.05) is 18.5 Å². The third kappa shape index (κ3) is 2.33. The second kappa shape index (κ2) is 4.80. The Labute approximate surface area is 98.6 Å². The zero-order valence-electron chi connectivity index (χ0n) is 9.27. The Balaban J connectivity index is 2.09. The van der Waals surface area contributed by atoms with Crippen LogP contribution in [0.1, 0.15) is 30.3 Å². The lowest BCUT2D eigenvalue weighted by Gasteiger charge is -2.30. The monoisotopic (exact) mass is 240 g/mol. The minimum Gasteiger partial charge on any atom is -0.348 e. The Morgan fingerprint density at radius 3 is 3.25 bits per heavy atom.